The molecule has 4 bridgehead atoms. The summed E-state index contributed by atoms with van der Waals surface area (Å²) < 4.78 is 0. The van der Waals surface area contributed by atoms with E-state index >= 15 is 0 Å². The van der Waals surface area contributed by atoms with Gasteiger partial charge in [-0.3, -0.25) is 0 Å². The van der Waals surface area contributed by atoms with Crippen molar-refractivity contribution in [2.24, 2.45) is 23.2 Å². The van der Waals surface area contributed by atoms with Gasteiger partial charge in [-0.15, -0.1) is 0 Å². The molecule has 0 amide bonds. The molecule has 4 heteroatoms. The Kier molecular flexibility index (Phi) is 6.20. The first-order valence-electron chi connectivity index (χ1n) is 11.9. The normalized spacial score (nSPS) is 27.1. The van der Waals surface area contributed by atoms with E-state index < -0.39 is 11.4 Å². The van der Waals surface area contributed by atoms with Gasteiger partial charge in [-0.05, 0) is 105 Å². The minimum absolute atomic E-state index is 0.134. The maximum absolute atomic E-state index is 11.1. The summed E-state index contributed by atoms with van der Waals surface area (Å²) >= 11 is 0. The van der Waals surface area contributed by atoms with Gasteiger partial charge in [0.05, 0.1) is 10.9 Å². The van der Waals surface area contributed by atoms with Crippen LogP contribution in [-0.4, -0.2) is 11.1 Å². The third kappa shape index (κ3) is 4.67. The van der Waals surface area contributed by atoms with Crippen LogP contribution in [-0.2, 0) is 15.7 Å². The average molecular weight is 459 g/mol. The molecule has 3 aromatic rings. The van der Waals surface area contributed by atoms with Gasteiger partial charge in [-0.1, -0.05) is 36.4 Å². The molecule has 4 aliphatic carbocycles. The Hall–Kier alpha value is -2.72. The Morgan fingerprint density at radius 3 is 1.48 bits per heavy atom. The van der Waals surface area contributed by atoms with Crippen LogP contribution in [0.3, 0.4) is 0 Å². The number of aliphatic carboxylic acids is 1. The number of rotatable bonds is 4. The van der Waals surface area contributed by atoms with Crippen molar-refractivity contribution in [3.8, 4) is 5.75 Å². The van der Waals surface area contributed by atoms with E-state index in [4.69, 9.17) is 0 Å². The molecular formula is C29H30O3S. The van der Waals surface area contributed by atoms with Crippen molar-refractivity contribution in [1.82, 2.24) is 0 Å². The van der Waals surface area contributed by atoms with Crippen molar-refractivity contribution >= 4 is 16.9 Å². The van der Waals surface area contributed by atoms with E-state index in [1.807, 2.05) is 24.3 Å². The van der Waals surface area contributed by atoms with Crippen molar-refractivity contribution in [3.05, 3.63) is 84.9 Å². The lowest BCUT2D eigenvalue weighted by molar-refractivity contribution is -0.327. The average Bonchev–Trinajstić information content (AvgIpc) is 2.82. The SMILES string of the molecule is O=C([O-])C12CC3CC(CC(C3)C1)C2.Oc1ccc([S+](c2ccccc2)c2ccccc2)cc1. The summed E-state index contributed by atoms with van der Waals surface area (Å²) in [6, 6.07) is 28.5. The van der Waals surface area contributed by atoms with Crippen LogP contribution in [0.15, 0.2) is 99.6 Å². The van der Waals surface area contributed by atoms with Crippen LogP contribution in [0.1, 0.15) is 38.5 Å². The van der Waals surface area contributed by atoms with Gasteiger partial charge < -0.3 is 15.0 Å². The molecular weight excluding hydrogens is 428 g/mol. The van der Waals surface area contributed by atoms with Crippen LogP contribution in [0.5, 0.6) is 5.75 Å². The van der Waals surface area contributed by atoms with Crippen LogP contribution in [0.2, 0.25) is 0 Å². The minimum Gasteiger partial charge on any atom is -0.550 e. The summed E-state index contributed by atoms with van der Waals surface area (Å²) in [6.07, 6.45) is 6.65. The second kappa shape index (κ2) is 9.26. The number of phenolic OH excluding ortho intramolecular Hbond substituents is 1. The Balaban J connectivity index is 0.000000151. The van der Waals surface area contributed by atoms with E-state index in [9.17, 15) is 15.0 Å². The van der Waals surface area contributed by atoms with E-state index in [1.165, 1.54) is 33.9 Å². The number of benzene rings is 3. The number of aromatic hydroxyl groups is 1. The summed E-state index contributed by atoms with van der Waals surface area (Å²) in [7, 11) is -0.134. The van der Waals surface area contributed by atoms with Crippen molar-refractivity contribution in [3.63, 3.8) is 0 Å². The van der Waals surface area contributed by atoms with Gasteiger partial charge in [-0.2, -0.15) is 0 Å². The Morgan fingerprint density at radius 1 is 0.697 bits per heavy atom. The van der Waals surface area contributed by atoms with Crippen LogP contribution in [0.4, 0.5) is 0 Å². The standard InChI is InChI=1S/C18H14OS.C11H16O2/c19-15-11-13-18(14-12-15)20(16-7-3-1-4-8-16)17-9-5-2-6-10-17;12-10(13)11-4-7-1-8(5-11)3-9(2-7)6-11/h1-14H;7-9H,1-6H2,(H,12,13). The van der Waals surface area contributed by atoms with Gasteiger partial charge >= 0.3 is 0 Å². The van der Waals surface area contributed by atoms with Gasteiger partial charge in [0.25, 0.3) is 0 Å². The number of hydrogen-bond donors (Lipinski definition) is 1. The molecule has 1 N–H and O–H groups in total. The predicted molar refractivity (Wildman–Crippen MR) is 129 cm³/mol. The molecule has 4 saturated carbocycles. The first kappa shape index (κ1) is 22.1. The second-order valence-corrected chi connectivity index (χ2v) is 11.9. The molecule has 170 valence electrons. The molecule has 33 heavy (non-hydrogen) atoms. The van der Waals surface area contributed by atoms with Gasteiger partial charge in [-0.25, -0.2) is 0 Å². The zero-order valence-corrected chi connectivity index (χ0v) is 19.5. The van der Waals surface area contributed by atoms with Gasteiger partial charge in [0.2, 0.25) is 0 Å². The molecule has 0 heterocycles. The maximum atomic E-state index is 11.1. The molecule has 3 aromatic carbocycles. The van der Waals surface area contributed by atoms with E-state index in [0.717, 1.165) is 19.3 Å². The summed E-state index contributed by atoms with van der Waals surface area (Å²) in [5.74, 6) is 1.68. The quantitative estimate of drug-likeness (QED) is 0.530. The largest absolute Gasteiger partial charge is 0.550 e. The minimum atomic E-state index is -0.758. The highest BCUT2D eigenvalue weighted by atomic mass is 32.2. The van der Waals surface area contributed by atoms with Crippen LogP contribution >= 0.6 is 0 Å². The van der Waals surface area contributed by atoms with E-state index in [-0.39, 0.29) is 10.9 Å². The molecule has 7 rings (SSSR count). The maximum Gasteiger partial charge on any atom is 0.166 e. The molecule has 4 aliphatic rings. The first-order valence-corrected chi connectivity index (χ1v) is 13.1. The third-order valence-electron chi connectivity index (χ3n) is 7.50. The third-order valence-corrected chi connectivity index (χ3v) is 9.73. The highest BCUT2D eigenvalue weighted by Crippen LogP contribution is 2.59. The highest BCUT2D eigenvalue weighted by Gasteiger charge is 2.51. The fraction of sp³-hybridized carbons (Fsp3) is 0.345. The summed E-state index contributed by atoms with van der Waals surface area (Å²) in [4.78, 5) is 14.9. The summed E-state index contributed by atoms with van der Waals surface area (Å²) in [6.45, 7) is 0. The monoisotopic (exact) mass is 458 g/mol. The molecule has 0 aromatic heterocycles. The Bertz CT molecular complexity index is 1000. The smallest absolute Gasteiger partial charge is 0.166 e. The van der Waals surface area contributed by atoms with E-state index in [2.05, 4.69) is 48.5 Å². The summed E-state index contributed by atoms with van der Waals surface area (Å²) in [5.41, 5.74) is -0.394. The number of phenols is 1. The molecule has 0 radical (unpaired) electrons. The fourth-order valence-electron chi connectivity index (χ4n) is 6.46. The molecule has 0 spiro atoms. The second-order valence-electron chi connectivity index (χ2n) is 9.91. The van der Waals surface area contributed by atoms with Crippen LogP contribution in [0, 0.1) is 23.2 Å². The number of carbonyl (C=O) groups is 1. The van der Waals surface area contributed by atoms with Crippen LogP contribution < -0.4 is 5.11 Å². The zero-order chi connectivity index (χ0) is 22.8. The Morgan fingerprint density at radius 2 is 1.09 bits per heavy atom. The van der Waals surface area contributed by atoms with Crippen molar-refractivity contribution in [1.29, 1.82) is 0 Å². The zero-order valence-electron chi connectivity index (χ0n) is 18.7. The van der Waals surface area contributed by atoms with Crippen molar-refractivity contribution in [2.75, 3.05) is 0 Å². The molecule has 3 nitrogen and oxygen atoms in total. The lowest BCUT2D eigenvalue weighted by atomic mass is 9.49. The molecule has 0 atom stereocenters. The van der Waals surface area contributed by atoms with Crippen molar-refractivity contribution < 1.29 is 15.0 Å². The van der Waals surface area contributed by atoms with Gasteiger partial charge in [0.15, 0.2) is 14.7 Å². The molecule has 4 fully saturated rings. The number of carboxylic acid groups (broad SMARTS) is 1. The first-order chi connectivity index (χ1) is 16.0. The van der Waals surface area contributed by atoms with E-state index in [0.29, 0.717) is 23.5 Å². The van der Waals surface area contributed by atoms with E-state index in [1.54, 1.807) is 12.1 Å². The predicted octanol–water partition coefficient (Wildman–Crippen LogP) is 5.44. The molecule has 0 saturated heterocycles. The summed E-state index contributed by atoms with van der Waals surface area (Å²) in [5, 5.41) is 20.6. The molecule has 0 aliphatic heterocycles. The topological polar surface area (TPSA) is 60.4 Å². The highest BCUT2D eigenvalue weighted by molar-refractivity contribution is 7.97. The number of hydrogen-bond acceptors (Lipinski definition) is 3. The lowest BCUT2D eigenvalue weighted by Gasteiger charge is -2.57. The van der Waals surface area contributed by atoms with Crippen LogP contribution in [0.25, 0.3) is 0 Å². The molecule has 0 unspecified atom stereocenters. The fourth-order valence-corrected chi connectivity index (χ4v) is 8.55. The Labute approximate surface area is 198 Å². The lowest BCUT2D eigenvalue weighted by Crippen LogP contribution is -2.54. The van der Waals surface area contributed by atoms with Gasteiger partial charge in [0.1, 0.15) is 5.75 Å². The number of carbonyl (C=O) groups excluding carboxylic acids is 1. The number of carboxylic acids is 1. The van der Waals surface area contributed by atoms with Crippen molar-refractivity contribution in [2.45, 2.75) is 53.2 Å². The van der Waals surface area contributed by atoms with Gasteiger partial charge in [0, 0.05) is 11.4 Å².